The number of benzene rings is 4. The molecular formula is C28H20Cl2N2O. The minimum atomic E-state index is 0.535. The van der Waals surface area contributed by atoms with Crippen LogP contribution in [0.4, 0.5) is 17.1 Å². The van der Waals surface area contributed by atoms with Crippen LogP contribution in [0.2, 0.25) is 10.0 Å². The van der Waals surface area contributed by atoms with Crippen LogP contribution < -0.4 is 4.90 Å². The van der Waals surface area contributed by atoms with Crippen molar-refractivity contribution in [1.29, 1.82) is 0 Å². The largest absolute Gasteiger partial charge is 0.440 e. The van der Waals surface area contributed by atoms with Crippen molar-refractivity contribution in [1.82, 2.24) is 4.98 Å². The summed E-state index contributed by atoms with van der Waals surface area (Å²) in [6.45, 7) is 1.83. The molecule has 33 heavy (non-hydrogen) atoms. The molecule has 0 N–H and O–H groups in total. The second-order valence-electron chi connectivity index (χ2n) is 7.59. The molecule has 0 aliphatic heterocycles. The summed E-state index contributed by atoms with van der Waals surface area (Å²) in [6, 6.07) is 34.2. The third-order valence-electron chi connectivity index (χ3n) is 5.34. The first-order valence-electron chi connectivity index (χ1n) is 10.5. The smallest absolute Gasteiger partial charge is 0.192 e. The lowest BCUT2D eigenvalue weighted by molar-refractivity contribution is 0.534. The number of aryl methyl sites for hydroxylation is 1. The molecule has 4 aromatic carbocycles. The van der Waals surface area contributed by atoms with Crippen molar-refractivity contribution in [3.8, 4) is 22.6 Å². The quantitative estimate of drug-likeness (QED) is 0.256. The van der Waals surface area contributed by atoms with Gasteiger partial charge in [-0.3, -0.25) is 0 Å². The molecule has 1 aromatic heterocycles. The van der Waals surface area contributed by atoms with Crippen molar-refractivity contribution in [2.45, 2.75) is 6.92 Å². The Bertz CT molecular complexity index is 1340. The zero-order valence-electron chi connectivity index (χ0n) is 17.9. The van der Waals surface area contributed by atoms with Crippen molar-refractivity contribution in [3.63, 3.8) is 0 Å². The molecule has 0 unspecified atom stereocenters. The fourth-order valence-corrected chi connectivity index (χ4v) is 4.35. The summed E-state index contributed by atoms with van der Waals surface area (Å²) < 4.78 is 5.99. The highest BCUT2D eigenvalue weighted by Crippen LogP contribution is 2.39. The predicted octanol–water partition coefficient (Wildman–Crippen LogP) is 9.09. The van der Waals surface area contributed by atoms with Gasteiger partial charge in [0.05, 0.1) is 5.02 Å². The summed E-state index contributed by atoms with van der Waals surface area (Å²) in [6.07, 6.45) is 0. The van der Waals surface area contributed by atoms with Gasteiger partial charge in [0.2, 0.25) is 0 Å². The van der Waals surface area contributed by atoms with Gasteiger partial charge in [0.25, 0.3) is 0 Å². The third-order valence-corrected chi connectivity index (χ3v) is 5.88. The average molecular weight is 471 g/mol. The Morgan fingerprint density at radius 1 is 0.697 bits per heavy atom. The number of hydrogen-bond donors (Lipinski definition) is 0. The Morgan fingerprint density at radius 3 is 1.85 bits per heavy atom. The van der Waals surface area contributed by atoms with Crippen LogP contribution in [0.15, 0.2) is 108 Å². The van der Waals surface area contributed by atoms with Gasteiger partial charge in [-0.2, -0.15) is 0 Å². The van der Waals surface area contributed by atoms with E-state index in [2.05, 4.69) is 46.3 Å². The van der Waals surface area contributed by atoms with Crippen molar-refractivity contribution >= 4 is 40.3 Å². The fourth-order valence-electron chi connectivity index (χ4n) is 3.85. The van der Waals surface area contributed by atoms with Gasteiger partial charge in [0.15, 0.2) is 11.7 Å². The number of nitrogens with zero attached hydrogens (tertiary/aromatic N) is 2. The maximum absolute atomic E-state index is 6.46. The number of oxazole rings is 1. The highest BCUT2D eigenvalue weighted by molar-refractivity contribution is 6.36. The second kappa shape index (κ2) is 9.14. The van der Waals surface area contributed by atoms with Crippen LogP contribution in [0.25, 0.3) is 22.6 Å². The standard InChI is InChI=1S/C28H20Cl2N2O/c1-19-31-27(25-17-14-21(29)18-26(25)30)28(33-19)20-12-15-24(16-13-20)32(22-8-4-2-5-9-22)23-10-6-3-7-11-23/h2-18H,1H3. The summed E-state index contributed by atoms with van der Waals surface area (Å²) in [7, 11) is 0. The average Bonchev–Trinajstić information content (AvgIpc) is 3.22. The van der Waals surface area contributed by atoms with Crippen LogP contribution in [0, 0.1) is 6.92 Å². The summed E-state index contributed by atoms with van der Waals surface area (Å²) >= 11 is 12.5. The number of halogens is 2. The van der Waals surface area contributed by atoms with Gasteiger partial charge in [-0.15, -0.1) is 0 Å². The molecule has 3 nitrogen and oxygen atoms in total. The predicted molar refractivity (Wildman–Crippen MR) is 137 cm³/mol. The van der Waals surface area contributed by atoms with E-state index in [-0.39, 0.29) is 0 Å². The van der Waals surface area contributed by atoms with Crippen LogP contribution >= 0.6 is 23.2 Å². The summed E-state index contributed by atoms with van der Waals surface area (Å²) in [4.78, 5) is 6.81. The van der Waals surface area contributed by atoms with E-state index in [9.17, 15) is 0 Å². The van der Waals surface area contributed by atoms with E-state index in [0.29, 0.717) is 27.4 Å². The molecule has 5 rings (SSSR count). The molecular weight excluding hydrogens is 451 g/mol. The van der Waals surface area contributed by atoms with Gasteiger partial charge >= 0.3 is 0 Å². The Morgan fingerprint density at radius 2 is 1.27 bits per heavy atom. The number of aromatic nitrogens is 1. The summed E-state index contributed by atoms with van der Waals surface area (Å²) in [5.74, 6) is 1.25. The van der Waals surface area contributed by atoms with E-state index in [1.165, 1.54) is 0 Å². The summed E-state index contributed by atoms with van der Waals surface area (Å²) in [5, 5.41) is 1.12. The lowest BCUT2D eigenvalue weighted by Crippen LogP contribution is -2.09. The molecule has 0 aliphatic rings. The van der Waals surface area contributed by atoms with Gasteiger partial charge in [0.1, 0.15) is 5.69 Å². The van der Waals surface area contributed by atoms with Crippen LogP contribution in [0.5, 0.6) is 0 Å². The summed E-state index contributed by atoms with van der Waals surface area (Å²) in [5.41, 5.74) is 5.61. The molecule has 0 aliphatic carbocycles. The molecule has 5 heteroatoms. The monoisotopic (exact) mass is 470 g/mol. The highest BCUT2D eigenvalue weighted by atomic mass is 35.5. The van der Waals surface area contributed by atoms with Crippen LogP contribution in [-0.4, -0.2) is 4.98 Å². The molecule has 0 fully saturated rings. The van der Waals surface area contributed by atoms with Gasteiger partial charge in [-0.25, -0.2) is 4.98 Å². The number of hydrogen-bond acceptors (Lipinski definition) is 3. The first-order valence-corrected chi connectivity index (χ1v) is 11.3. The molecule has 0 radical (unpaired) electrons. The van der Waals surface area contributed by atoms with Gasteiger partial charge in [-0.05, 0) is 66.7 Å². The zero-order valence-corrected chi connectivity index (χ0v) is 19.4. The van der Waals surface area contributed by atoms with E-state index < -0.39 is 0 Å². The number of rotatable bonds is 5. The lowest BCUT2D eigenvalue weighted by Gasteiger charge is -2.25. The van der Waals surface area contributed by atoms with Gasteiger partial charge in [-0.1, -0.05) is 59.6 Å². The van der Waals surface area contributed by atoms with Crippen molar-refractivity contribution < 1.29 is 4.42 Å². The number of anilines is 3. The maximum atomic E-state index is 6.46. The van der Waals surface area contributed by atoms with E-state index >= 15 is 0 Å². The first kappa shape index (κ1) is 21.3. The van der Waals surface area contributed by atoms with Crippen LogP contribution in [-0.2, 0) is 0 Å². The van der Waals surface area contributed by atoms with Crippen LogP contribution in [0.3, 0.4) is 0 Å². The fraction of sp³-hybridized carbons (Fsp3) is 0.0357. The molecule has 162 valence electrons. The minimum absolute atomic E-state index is 0.535. The highest BCUT2D eigenvalue weighted by Gasteiger charge is 2.19. The SMILES string of the molecule is Cc1nc(-c2ccc(Cl)cc2Cl)c(-c2ccc(N(c3ccccc3)c3ccccc3)cc2)o1. The molecule has 0 saturated heterocycles. The van der Waals surface area contributed by atoms with E-state index in [4.69, 9.17) is 27.6 Å². The molecule has 1 heterocycles. The minimum Gasteiger partial charge on any atom is -0.440 e. The maximum Gasteiger partial charge on any atom is 0.192 e. The Kier molecular flexibility index (Phi) is 5.91. The zero-order chi connectivity index (χ0) is 22.8. The van der Waals surface area contributed by atoms with Crippen molar-refractivity contribution in [3.05, 3.63) is 119 Å². The van der Waals surface area contributed by atoms with Crippen molar-refractivity contribution in [2.24, 2.45) is 0 Å². The van der Waals surface area contributed by atoms with E-state index in [1.807, 2.05) is 61.5 Å². The molecule has 0 atom stereocenters. The Hall–Kier alpha value is -3.53. The molecule has 0 saturated carbocycles. The first-order chi connectivity index (χ1) is 16.1. The van der Waals surface area contributed by atoms with E-state index in [0.717, 1.165) is 28.2 Å². The van der Waals surface area contributed by atoms with Gasteiger partial charge in [0, 0.05) is 40.1 Å². The second-order valence-corrected chi connectivity index (χ2v) is 8.43. The molecule has 5 aromatic rings. The van der Waals surface area contributed by atoms with Crippen LogP contribution in [0.1, 0.15) is 5.89 Å². The topological polar surface area (TPSA) is 29.3 Å². The Balaban J connectivity index is 1.56. The van der Waals surface area contributed by atoms with E-state index in [1.54, 1.807) is 12.1 Å². The van der Waals surface area contributed by atoms with Gasteiger partial charge < -0.3 is 9.32 Å². The van der Waals surface area contributed by atoms with Crippen molar-refractivity contribution in [2.75, 3.05) is 4.90 Å². The number of para-hydroxylation sites is 2. The lowest BCUT2D eigenvalue weighted by atomic mass is 10.0. The third kappa shape index (κ3) is 4.38. The Labute approximate surface area is 202 Å². The molecule has 0 amide bonds. The molecule has 0 bridgehead atoms. The normalized spacial score (nSPS) is 10.9. The molecule has 0 spiro atoms.